The molecule has 1 N–H and O–H groups in total. The molecule has 0 saturated carbocycles. The molecular weight excluding hydrogens is 579 g/mol. The van der Waals surface area contributed by atoms with E-state index in [1.165, 1.54) is 36.8 Å². The maximum Gasteiger partial charge on any atom is 0.359 e. The van der Waals surface area contributed by atoms with E-state index in [0.29, 0.717) is 32.1 Å². The molecule has 0 aliphatic heterocycles. The summed E-state index contributed by atoms with van der Waals surface area (Å²) in [6.07, 6.45) is 3.73. The molecule has 188 valence electrons. The molecule has 5 aromatic rings. The molecule has 0 aliphatic rings. The maximum absolute atomic E-state index is 14.6. The first-order valence-electron chi connectivity index (χ1n) is 11.8. The molecule has 2 aromatic carbocycles. The van der Waals surface area contributed by atoms with E-state index < -0.39 is 47.9 Å². The number of aromatic nitrogens is 6. The van der Waals surface area contributed by atoms with Gasteiger partial charge in [-0.15, -0.1) is 0 Å². The molecule has 5 rings (SSSR count). The first kappa shape index (κ1) is 21.1. The predicted molar refractivity (Wildman–Crippen MR) is 134 cm³/mol. The van der Waals surface area contributed by atoms with Gasteiger partial charge >= 0.3 is 11.4 Å². The molecule has 0 amide bonds. The van der Waals surface area contributed by atoms with Crippen LogP contribution in [0.4, 0.5) is 24.8 Å². The fraction of sp³-hybridized carbons (Fsp3) is 0.0870. The van der Waals surface area contributed by atoms with E-state index in [-0.39, 0.29) is 22.3 Å². The molecule has 0 atom stereocenters. The average Bonchev–Trinajstić information content (AvgIpc) is 3.28. The van der Waals surface area contributed by atoms with Crippen molar-refractivity contribution >= 4 is 50.1 Å². The zero-order valence-corrected chi connectivity index (χ0v) is 20.6. The number of hydrogen-bond donors (Lipinski definition) is 1. The van der Waals surface area contributed by atoms with E-state index in [4.69, 9.17) is 15.7 Å². The molecule has 0 unspecified atom stereocenters. The van der Waals surface area contributed by atoms with Crippen molar-refractivity contribution in [3.8, 4) is 5.69 Å². The summed E-state index contributed by atoms with van der Waals surface area (Å²) >= 11 is 9.29. The smallest absolute Gasteiger partial charge is 0.324 e. The first-order valence-corrected chi connectivity index (χ1v) is 11.4. The van der Waals surface area contributed by atoms with E-state index in [1.54, 1.807) is 0 Å². The lowest BCUT2D eigenvalue weighted by molar-refractivity contribution is 0.487. The van der Waals surface area contributed by atoms with Gasteiger partial charge in [-0.1, -0.05) is 11.6 Å². The van der Waals surface area contributed by atoms with Crippen molar-refractivity contribution in [2.24, 2.45) is 6.98 Å². The van der Waals surface area contributed by atoms with Crippen LogP contribution in [0.1, 0.15) is 9.68 Å². The summed E-state index contributed by atoms with van der Waals surface area (Å²) in [5.74, 6) is -4.29. The summed E-state index contributed by atoms with van der Waals surface area (Å²) in [7, 11) is 0. The Morgan fingerprint density at radius 3 is 2.62 bits per heavy atom. The molecule has 0 bridgehead atoms. The highest BCUT2D eigenvalue weighted by Crippen LogP contribution is 2.30. The van der Waals surface area contributed by atoms with Gasteiger partial charge in [-0.3, -0.25) is 14.2 Å². The largest absolute Gasteiger partial charge is 0.359 e. The van der Waals surface area contributed by atoms with Gasteiger partial charge in [0.2, 0.25) is 5.95 Å². The molecule has 3 aromatic heterocycles. The van der Waals surface area contributed by atoms with Crippen LogP contribution < -0.4 is 16.7 Å². The van der Waals surface area contributed by atoms with E-state index in [2.05, 4.69) is 36.3 Å². The minimum Gasteiger partial charge on any atom is -0.324 e. The van der Waals surface area contributed by atoms with E-state index in [9.17, 15) is 22.8 Å². The summed E-state index contributed by atoms with van der Waals surface area (Å²) in [6.45, 7) is -3.20. The Bertz CT molecular complexity index is 1930. The quantitative estimate of drug-likeness (QED) is 0.304. The molecule has 0 saturated heterocycles. The van der Waals surface area contributed by atoms with Gasteiger partial charge in [0.15, 0.2) is 11.6 Å². The zero-order valence-electron chi connectivity index (χ0n) is 21.2. The number of fused-ring (bicyclic) bond motifs is 1. The van der Waals surface area contributed by atoms with Crippen LogP contribution in [0.5, 0.6) is 0 Å². The lowest BCUT2D eigenvalue weighted by Gasteiger charge is -2.17. The van der Waals surface area contributed by atoms with Crippen LogP contribution in [0.15, 0.2) is 63.0 Å². The lowest BCUT2D eigenvalue weighted by atomic mass is 10.2. The third-order valence-electron chi connectivity index (χ3n) is 5.28. The SMILES string of the molecule is [2H]C([2H])([2H])n1cc2cc(Nc3nc(=O)n(-c4cncc(Cl)c4)c(=O)n3Cc3cc(F)c(F)cc3F)c(Br)cc2n1. The average molecular weight is 596 g/mol. The third-order valence-corrected chi connectivity index (χ3v) is 6.14. The summed E-state index contributed by atoms with van der Waals surface area (Å²) in [4.78, 5) is 34.4. The van der Waals surface area contributed by atoms with Crippen LogP contribution in [-0.4, -0.2) is 28.9 Å². The van der Waals surface area contributed by atoms with Gasteiger partial charge in [0, 0.05) is 45.0 Å². The van der Waals surface area contributed by atoms with Crippen LogP contribution in [0.3, 0.4) is 0 Å². The Labute approximate surface area is 223 Å². The topological polar surface area (TPSA) is 99.6 Å². The Morgan fingerprint density at radius 1 is 1.08 bits per heavy atom. The molecule has 14 heteroatoms. The molecule has 37 heavy (non-hydrogen) atoms. The van der Waals surface area contributed by atoms with Crippen LogP contribution in [0.25, 0.3) is 16.6 Å². The fourth-order valence-electron chi connectivity index (χ4n) is 3.59. The normalized spacial score (nSPS) is 12.8. The van der Waals surface area contributed by atoms with Crippen molar-refractivity contribution in [1.29, 1.82) is 0 Å². The van der Waals surface area contributed by atoms with Crippen LogP contribution in [0.2, 0.25) is 5.02 Å². The fourth-order valence-corrected chi connectivity index (χ4v) is 4.19. The number of pyridine rings is 1. The second-order valence-corrected chi connectivity index (χ2v) is 9.02. The van der Waals surface area contributed by atoms with Crippen molar-refractivity contribution in [2.75, 3.05) is 5.32 Å². The van der Waals surface area contributed by atoms with Crippen molar-refractivity contribution in [3.05, 3.63) is 102 Å². The monoisotopic (exact) mass is 594 g/mol. The van der Waals surface area contributed by atoms with Crippen molar-refractivity contribution in [2.45, 2.75) is 6.54 Å². The second kappa shape index (κ2) is 9.48. The molecular formula is C23H14BrClF3N7O2. The number of nitrogens with one attached hydrogen (secondary N) is 1. The number of benzene rings is 2. The van der Waals surface area contributed by atoms with Gasteiger partial charge in [0.1, 0.15) is 5.82 Å². The van der Waals surface area contributed by atoms with Crippen molar-refractivity contribution in [1.82, 2.24) is 28.9 Å². The van der Waals surface area contributed by atoms with Gasteiger partial charge in [0.05, 0.1) is 34.7 Å². The summed E-state index contributed by atoms with van der Waals surface area (Å²) in [6, 6.07) is 5.18. The molecule has 9 nitrogen and oxygen atoms in total. The summed E-state index contributed by atoms with van der Waals surface area (Å²) in [5.41, 5.74) is -1.97. The molecule has 0 spiro atoms. The highest BCUT2D eigenvalue weighted by Gasteiger charge is 2.19. The highest BCUT2D eigenvalue weighted by atomic mass is 79.9. The van der Waals surface area contributed by atoms with E-state index in [1.807, 2.05) is 0 Å². The number of nitrogens with zero attached hydrogens (tertiary/aromatic N) is 6. The van der Waals surface area contributed by atoms with E-state index >= 15 is 0 Å². The maximum atomic E-state index is 14.6. The minimum absolute atomic E-state index is 0.0410. The van der Waals surface area contributed by atoms with E-state index in [0.717, 1.165) is 9.25 Å². The number of rotatable bonds is 5. The van der Waals surface area contributed by atoms with Gasteiger partial charge in [-0.2, -0.15) is 10.1 Å². The Hall–Kier alpha value is -3.97. The molecule has 0 fully saturated rings. The number of halogens is 5. The Morgan fingerprint density at radius 2 is 1.86 bits per heavy atom. The lowest BCUT2D eigenvalue weighted by Crippen LogP contribution is -2.42. The van der Waals surface area contributed by atoms with Gasteiger partial charge in [0.25, 0.3) is 0 Å². The highest BCUT2D eigenvalue weighted by molar-refractivity contribution is 9.10. The van der Waals surface area contributed by atoms with Gasteiger partial charge < -0.3 is 5.32 Å². The van der Waals surface area contributed by atoms with Crippen LogP contribution in [0, 0.1) is 17.5 Å². The second-order valence-electron chi connectivity index (χ2n) is 7.73. The molecule has 0 aliphatic carbocycles. The molecule has 3 heterocycles. The third kappa shape index (κ3) is 4.74. The summed E-state index contributed by atoms with van der Waals surface area (Å²) in [5, 5.41) is 7.32. The predicted octanol–water partition coefficient (Wildman–Crippen LogP) is 4.30. The number of anilines is 2. The zero-order chi connectivity index (χ0) is 28.9. The number of hydrogen-bond acceptors (Lipinski definition) is 6. The Balaban J connectivity index is 1.68. The van der Waals surface area contributed by atoms with Crippen LogP contribution in [-0.2, 0) is 13.5 Å². The van der Waals surface area contributed by atoms with Crippen molar-refractivity contribution < 1.29 is 17.3 Å². The number of aryl methyl sites for hydroxylation is 1. The summed E-state index contributed by atoms with van der Waals surface area (Å²) < 4.78 is 67.3. The molecule has 0 radical (unpaired) electrons. The van der Waals surface area contributed by atoms with Crippen molar-refractivity contribution in [3.63, 3.8) is 0 Å². The van der Waals surface area contributed by atoms with Gasteiger partial charge in [-0.05, 0) is 40.2 Å². The van der Waals surface area contributed by atoms with Gasteiger partial charge in [-0.25, -0.2) is 27.3 Å². The first-order chi connectivity index (χ1) is 18.8. The van der Waals surface area contributed by atoms with Crippen LogP contribution >= 0.6 is 27.5 Å². The Kier molecular flexibility index (Phi) is 5.42. The standard InChI is InChI=1S/C23H14BrClF3N7O2/c1-33-9-12-3-20(15(24)5-19(12)32-33)30-21-31-22(36)35(14-4-13(25)7-29-8-14)23(37)34(21)10-11-2-17(27)18(28)6-16(11)26/h2-9H,10H2,1H3,(H,30,31,36)/i1D3. The minimum atomic E-state index is -2.53.